The Labute approximate surface area is 214 Å². The van der Waals surface area contributed by atoms with Crippen molar-refractivity contribution in [3.8, 4) is 22.5 Å². The Kier molecular flexibility index (Phi) is 6.87. The van der Waals surface area contributed by atoms with Crippen molar-refractivity contribution >= 4 is 16.9 Å². The van der Waals surface area contributed by atoms with Crippen LogP contribution in [-0.2, 0) is 12.6 Å². The largest absolute Gasteiger partial charge is 0.416 e. The molecule has 0 saturated heterocycles. The zero-order chi connectivity index (χ0) is 26.7. The topological polar surface area (TPSA) is 83.6 Å². The van der Waals surface area contributed by atoms with Crippen LogP contribution in [0.25, 0.3) is 33.5 Å². The minimum Gasteiger partial charge on any atom is -0.352 e. The average Bonchev–Trinajstić information content (AvgIpc) is 3.44. The van der Waals surface area contributed by atoms with Crippen LogP contribution in [0.3, 0.4) is 0 Å². The van der Waals surface area contributed by atoms with Crippen LogP contribution in [-0.4, -0.2) is 32.4 Å². The standard InChI is InChI=1S/C28H21F4N5O/c29-21-9-6-17(7-10-21)25-26(18-3-1-4-20(15-18)28(30,31)32)37-23-16-19(8-11-22(23)36-25)27(38)35-12-2-5-24-33-13-14-34-24/h1,3-4,6-11,13-16H,2,5,12H2,(H,33,34)(H,35,38). The number of nitrogens with one attached hydrogen (secondary N) is 2. The Balaban J connectivity index is 1.50. The minimum absolute atomic E-state index is 0.186. The molecule has 2 heterocycles. The number of aryl methyl sites for hydroxylation is 1. The summed E-state index contributed by atoms with van der Waals surface area (Å²) in [6.45, 7) is 0.433. The molecule has 0 aliphatic carbocycles. The molecule has 0 radical (unpaired) electrons. The summed E-state index contributed by atoms with van der Waals surface area (Å²) < 4.78 is 53.8. The maximum Gasteiger partial charge on any atom is 0.416 e. The molecule has 0 atom stereocenters. The molecule has 6 nitrogen and oxygen atoms in total. The maximum atomic E-state index is 13.6. The highest BCUT2D eigenvalue weighted by Gasteiger charge is 2.31. The van der Waals surface area contributed by atoms with E-state index in [2.05, 4.69) is 25.3 Å². The number of imidazole rings is 1. The number of aromatic nitrogens is 4. The van der Waals surface area contributed by atoms with Crippen molar-refractivity contribution in [2.75, 3.05) is 6.54 Å². The number of hydrogen-bond acceptors (Lipinski definition) is 4. The van der Waals surface area contributed by atoms with Gasteiger partial charge in [0.25, 0.3) is 5.91 Å². The Morgan fingerprint density at radius 2 is 1.66 bits per heavy atom. The first-order chi connectivity index (χ1) is 18.3. The normalized spacial score (nSPS) is 11.6. The van der Waals surface area contributed by atoms with E-state index in [1.807, 2.05) is 0 Å². The molecule has 38 heavy (non-hydrogen) atoms. The van der Waals surface area contributed by atoms with E-state index >= 15 is 0 Å². The molecule has 2 N–H and O–H groups in total. The van der Waals surface area contributed by atoms with Gasteiger partial charge in [-0.3, -0.25) is 4.79 Å². The first kappa shape index (κ1) is 25.1. The van der Waals surface area contributed by atoms with Crippen LogP contribution in [0.15, 0.2) is 79.1 Å². The highest BCUT2D eigenvalue weighted by atomic mass is 19.4. The van der Waals surface area contributed by atoms with E-state index < -0.39 is 17.6 Å². The molecular formula is C28H21F4N5O. The minimum atomic E-state index is -4.54. The average molecular weight is 520 g/mol. The lowest BCUT2D eigenvalue weighted by Gasteiger charge is -2.13. The molecule has 0 bridgehead atoms. The van der Waals surface area contributed by atoms with Crippen molar-refractivity contribution < 1.29 is 22.4 Å². The molecule has 0 aliphatic rings. The molecule has 2 aromatic heterocycles. The van der Waals surface area contributed by atoms with E-state index in [1.54, 1.807) is 30.6 Å². The summed E-state index contributed by atoms with van der Waals surface area (Å²) >= 11 is 0. The van der Waals surface area contributed by atoms with Crippen molar-refractivity contribution in [3.63, 3.8) is 0 Å². The SMILES string of the molecule is O=C(NCCCc1ncc[nH]1)c1ccc2nc(-c3ccc(F)cc3)c(-c3cccc(C(F)(F)F)c3)nc2c1. The van der Waals surface area contributed by atoms with Crippen molar-refractivity contribution in [3.05, 3.63) is 102 Å². The van der Waals surface area contributed by atoms with Gasteiger partial charge in [0.15, 0.2) is 0 Å². The van der Waals surface area contributed by atoms with Crippen LogP contribution in [0.2, 0.25) is 0 Å². The molecule has 3 aromatic carbocycles. The number of rotatable bonds is 7. The van der Waals surface area contributed by atoms with Crippen molar-refractivity contribution in [2.45, 2.75) is 19.0 Å². The summed E-state index contributed by atoms with van der Waals surface area (Å²) in [5.74, 6) is 0.0682. The molecule has 0 spiro atoms. The summed E-state index contributed by atoms with van der Waals surface area (Å²) in [4.78, 5) is 29.2. The molecule has 10 heteroatoms. The first-order valence-corrected chi connectivity index (χ1v) is 11.8. The van der Waals surface area contributed by atoms with Crippen LogP contribution in [0.5, 0.6) is 0 Å². The Morgan fingerprint density at radius 3 is 2.39 bits per heavy atom. The van der Waals surface area contributed by atoms with E-state index in [9.17, 15) is 22.4 Å². The molecule has 0 fully saturated rings. The monoisotopic (exact) mass is 519 g/mol. The van der Waals surface area contributed by atoms with Gasteiger partial charge in [-0.05, 0) is 61.0 Å². The number of hydrogen-bond donors (Lipinski definition) is 2. The molecule has 0 aliphatic heterocycles. The van der Waals surface area contributed by atoms with Gasteiger partial charge in [0.2, 0.25) is 0 Å². The van der Waals surface area contributed by atoms with Gasteiger partial charge in [-0.2, -0.15) is 13.2 Å². The van der Waals surface area contributed by atoms with Gasteiger partial charge < -0.3 is 10.3 Å². The molecular weight excluding hydrogens is 498 g/mol. The second kappa shape index (κ2) is 10.4. The van der Waals surface area contributed by atoms with Crippen LogP contribution in [0, 0.1) is 5.82 Å². The zero-order valence-corrected chi connectivity index (χ0v) is 19.9. The Hall–Kier alpha value is -4.60. The number of amides is 1. The fourth-order valence-electron chi connectivity index (χ4n) is 4.04. The van der Waals surface area contributed by atoms with Gasteiger partial charge in [0, 0.05) is 42.0 Å². The number of halogens is 4. The highest BCUT2D eigenvalue weighted by Crippen LogP contribution is 2.35. The quantitative estimate of drug-likeness (QED) is 0.198. The molecule has 1 amide bonds. The van der Waals surface area contributed by atoms with Gasteiger partial charge in [-0.1, -0.05) is 12.1 Å². The number of nitrogens with zero attached hydrogens (tertiary/aromatic N) is 3. The third-order valence-corrected chi connectivity index (χ3v) is 5.94. The first-order valence-electron chi connectivity index (χ1n) is 11.8. The van der Waals surface area contributed by atoms with Crippen molar-refractivity contribution in [1.82, 2.24) is 25.3 Å². The molecule has 5 aromatic rings. The van der Waals surface area contributed by atoms with E-state index in [0.29, 0.717) is 47.2 Å². The Morgan fingerprint density at radius 1 is 0.895 bits per heavy atom. The molecule has 5 rings (SSSR count). The van der Waals surface area contributed by atoms with Gasteiger partial charge in [0.1, 0.15) is 11.6 Å². The third-order valence-electron chi connectivity index (χ3n) is 5.94. The van der Waals surface area contributed by atoms with E-state index in [-0.39, 0.29) is 17.2 Å². The van der Waals surface area contributed by atoms with Crippen LogP contribution < -0.4 is 5.32 Å². The fourth-order valence-corrected chi connectivity index (χ4v) is 4.04. The predicted molar refractivity (Wildman–Crippen MR) is 135 cm³/mol. The number of alkyl halides is 3. The van der Waals surface area contributed by atoms with Crippen molar-refractivity contribution in [2.24, 2.45) is 0 Å². The number of carbonyl (C=O) groups excluding carboxylic acids is 1. The van der Waals surface area contributed by atoms with E-state index in [4.69, 9.17) is 0 Å². The van der Waals surface area contributed by atoms with Crippen LogP contribution in [0.1, 0.15) is 28.2 Å². The lowest BCUT2D eigenvalue weighted by Crippen LogP contribution is -2.24. The fraction of sp³-hybridized carbons (Fsp3) is 0.143. The second-order valence-corrected chi connectivity index (χ2v) is 8.61. The van der Waals surface area contributed by atoms with E-state index in [1.165, 1.54) is 36.4 Å². The number of fused-ring (bicyclic) bond motifs is 1. The molecule has 192 valence electrons. The van der Waals surface area contributed by atoms with Crippen molar-refractivity contribution in [1.29, 1.82) is 0 Å². The number of carbonyl (C=O) groups is 1. The maximum absolute atomic E-state index is 13.6. The lowest BCUT2D eigenvalue weighted by atomic mass is 10.0. The molecule has 0 saturated carbocycles. The number of aromatic amines is 1. The zero-order valence-electron chi connectivity index (χ0n) is 19.9. The van der Waals surface area contributed by atoms with Gasteiger partial charge in [0.05, 0.1) is 28.0 Å². The highest BCUT2D eigenvalue weighted by molar-refractivity contribution is 5.98. The van der Waals surface area contributed by atoms with Gasteiger partial charge in [-0.15, -0.1) is 0 Å². The number of benzene rings is 3. The summed E-state index contributed by atoms with van der Waals surface area (Å²) in [5, 5.41) is 2.85. The summed E-state index contributed by atoms with van der Waals surface area (Å²) in [7, 11) is 0. The van der Waals surface area contributed by atoms with E-state index in [0.717, 1.165) is 18.0 Å². The summed E-state index contributed by atoms with van der Waals surface area (Å²) in [6, 6.07) is 15.0. The summed E-state index contributed by atoms with van der Waals surface area (Å²) in [6.07, 6.45) is 0.229. The predicted octanol–water partition coefficient (Wildman–Crippen LogP) is 6.21. The second-order valence-electron chi connectivity index (χ2n) is 8.61. The van der Waals surface area contributed by atoms with Crippen LogP contribution >= 0.6 is 0 Å². The number of H-pyrrole nitrogens is 1. The molecule has 0 unspecified atom stereocenters. The third kappa shape index (κ3) is 5.54. The summed E-state index contributed by atoms with van der Waals surface area (Å²) in [5.41, 5.74) is 1.46. The Bertz CT molecular complexity index is 1580. The van der Waals surface area contributed by atoms with Crippen LogP contribution in [0.4, 0.5) is 17.6 Å². The smallest absolute Gasteiger partial charge is 0.352 e. The van der Waals surface area contributed by atoms with Gasteiger partial charge >= 0.3 is 6.18 Å². The lowest BCUT2D eigenvalue weighted by molar-refractivity contribution is -0.137. The van der Waals surface area contributed by atoms with Gasteiger partial charge in [-0.25, -0.2) is 19.3 Å².